The van der Waals surface area contributed by atoms with Crippen LogP contribution in [0.1, 0.15) is 0 Å². The summed E-state index contributed by atoms with van der Waals surface area (Å²) in [6, 6.07) is 5.35. The minimum atomic E-state index is 0. The van der Waals surface area contributed by atoms with Crippen molar-refractivity contribution in [1.82, 2.24) is 0 Å². The van der Waals surface area contributed by atoms with E-state index in [1.54, 1.807) is 32.4 Å². The lowest BCUT2D eigenvalue weighted by Crippen LogP contribution is -2.08. The first-order valence-electron chi connectivity index (χ1n) is 3.50. The van der Waals surface area contributed by atoms with Crippen LogP contribution in [0, 0.1) is 0 Å². The minimum absolute atomic E-state index is 0. The number of rotatable bonds is 3. The summed E-state index contributed by atoms with van der Waals surface area (Å²) in [7, 11) is 3.19. The van der Waals surface area contributed by atoms with Gasteiger partial charge in [0.1, 0.15) is 11.5 Å². The average molecular weight is 205 g/mol. The number of halogens is 1. The van der Waals surface area contributed by atoms with E-state index in [2.05, 4.69) is 5.43 Å². The molecular weight excluding hydrogens is 192 g/mol. The van der Waals surface area contributed by atoms with Crippen LogP contribution in [-0.4, -0.2) is 14.2 Å². The SMILES string of the molecule is COc1ccc(OC)c(NN)c1.Cl. The molecule has 0 aromatic heterocycles. The molecule has 0 saturated carbocycles. The smallest absolute Gasteiger partial charge is 0.143 e. The Morgan fingerprint density at radius 2 is 1.92 bits per heavy atom. The molecule has 3 N–H and O–H groups in total. The van der Waals surface area contributed by atoms with Crippen LogP contribution in [0.2, 0.25) is 0 Å². The van der Waals surface area contributed by atoms with Crippen LogP contribution >= 0.6 is 12.4 Å². The molecule has 0 atom stereocenters. The lowest BCUT2D eigenvalue weighted by molar-refractivity contribution is 0.404. The van der Waals surface area contributed by atoms with Gasteiger partial charge < -0.3 is 14.9 Å². The molecule has 0 fully saturated rings. The number of nitrogens with one attached hydrogen (secondary N) is 1. The zero-order valence-corrected chi connectivity index (χ0v) is 8.35. The Morgan fingerprint density at radius 3 is 2.38 bits per heavy atom. The number of methoxy groups -OCH3 is 2. The highest BCUT2D eigenvalue weighted by atomic mass is 35.5. The summed E-state index contributed by atoms with van der Waals surface area (Å²) >= 11 is 0. The second kappa shape index (κ2) is 5.50. The van der Waals surface area contributed by atoms with Gasteiger partial charge in [0.05, 0.1) is 19.9 Å². The lowest BCUT2D eigenvalue weighted by atomic mass is 10.3. The molecule has 0 saturated heterocycles. The Labute approximate surface area is 83.4 Å². The molecule has 0 amide bonds. The van der Waals surface area contributed by atoms with E-state index >= 15 is 0 Å². The third-order valence-corrected chi connectivity index (χ3v) is 1.56. The van der Waals surface area contributed by atoms with Crippen molar-refractivity contribution in [2.45, 2.75) is 0 Å². The molecule has 0 spiro atoms. The van der Waals surface area contributed by atoms with Crippen molar-refractivity contribution >= 4 is 18.1 Å². The molecule has 0 bridgehead atoms. The fourth-order valence-electron chi connectivity index (χ4n) is 0.927. The van der Waals surface area contributed by atoms with Gasteiger partial charge >= 0.3 is 0 Å². The van der Waals surface area contributed by atoms with E-state index < -0.39 is 0 Å². The zero-order valence-electron chi connectivity index (χ0n) is 7.53. The molecule has 0 heterocycles. The van der Waals surface area contributed by atoms with Crippen LogP contribution < -0.4 is 20.7 Å². The molecule has 1 rings (SSSR count). The van der Waals surface area contributed by atoms with Crippen LogP contribution in [-0.2, 0) is 0 Å². The van der Waals surface area contributed by atoms with Gasteiger partial charge in [-0.25, -0.2) is 0 Å². The summed E-state index contributed by atoms with van der Waals surface area (Å²) in [4.78, 5) is 0. The van der Waals surface area contributed by atoms with Gasteiger partial charge in [-0.05, 0) is 12.1 Å². The van der Waals surface area contributed by atoms with Gasteiger partial charge in [-0.2, -0.15) is 0 Å². The number of hydrogen-bond donors (Lipinski definition) is 2. The Balaban J connectivity index is 0.00000144. The third-order valence-electron chi connectivity index (χ3n) is 1.56. The highest BCUT2D eigenvalue weighted by molar-refractivity contribution is 5.85. The van der Waals surface area contributed by atoms with Crippen molar-refractivity contribution in [2.24, 2.45) is 5.84 Å². The van der Waals surface area contributed by atoms with Crippen LogP contribution in [0.4, 0.5) is 5.69 Å². The quantitative estimate of drug-likeness (QED) is 0.578. The highest BCUT2D eigenvalue weighted by Crippen LogP contribution is 2.27. The Kier molecular flexibility index (Phi) is 5.03. The second-order valence-electron chi connectivity index (χ2n) is 2.21. The van der Waals surface area contributed by atoms with Crippen molar-refractivity contribution in [3.05, 3.63) is 18.2 Å². The molecule has 5 heteroatoms. The van der Waals surface area contributed by atoms with Crippen LogP contribution in [0.3, 0.4) is 0 Å². The van der Waals surface area contributed by atoms with E-state index in [9.17, 15) is 0 Å². The van der Waals surface area contributed by atoms with Crippen LogP contribution in [0.25, 0.3) is 0 Å². The van der Waals surface area contributed by atoms with E-state index in [4.69, 9.17) is 15.3 Å². The first kappa shape index (κ1) is 11.9. The molecule has 13 heavy (non-hydrogen) atoms. The van der Waals surface area contributed by atoms with Crippen molar-refractivity contribution in [1.29, 1.82) is 0 Å². The van der Waals surface area contributed by atoms with Gasteiger partial charge in [0, 0.05) is 6.07 Å². The van der Waals surface area contributed by atoms with Gasteiger partial charge in [-0.3, -0.25) is 5.84 Å². The maximum atomic E-state index is 5.26. The average Bonchev–Trinajstić information content (AvgIpc) is 2.16. The predicted molar refractivity (Wildman–Crippen MR) is 54.6 cm³/mol. The van der Waals surface area contributed by atoms with Gasteiger partial charge in [-0.1, -0.05) is 0 Å². The first-order valence-corrected chi connectivity index (χ1v) is 3.50. The number of hydrogen-bond acceptors (Lipinski definition) is 4. The van der Waals surface area contributed by atoms with Gasteiger partial charge in [0.25, 0.3) is 0 Å². The topological polar surface area (TPSA) is 56.5 Å². The van der Waals surface area contributed by atoms with E-state index in [1.165, 1.54) is 0 Å². The molecule has 4 nitrogen and oxygen atoms in total. The highest BCUT2D eigenvalue weighted by Gasteiger charge is 2.01. The molecule has 74 valence electrons. The summed E-state index contributed by atoms with van der Waals surface area (Å²) < 4.78 is 10.0. The number of hydrazine groups is 1. The van der Waals surface area contributed by atoms with Gasteiger partial charge in [0.15, 0.2) is 0 Å². The van der Waals surface area contributed by atoms with E-state index in [0.717, 1.165) is 5.75 Å². The van der Waals surface area contributed by atoms with Crippen molar-refractivity contribution in [3.63, 3.8) is 0 Å². The van der Waals surface area contributed by atoms with Crippen molar-refractivity contribution < 1.29 is 9.47 Å². The standard InChI is InChI=1S/C8H12N2O2.ClH/c1-11-6-3-4-8(12-2)7(5-6)10-9;/h3-5,10H,9H2,1-2H3;1H. The number of nitrogen functional groups attached to an aromatic ring is 1. The fraction of sp³-hybridized carbons (Fsp3) is 0.250. The minimum Gasteiger partial charge on any atom is -0.497 e. The zero-order chi connectivity index (χ0) is 8.97. The molecule has 0 aliphatic rings. The van der Waals surface area contributed by atoms with Crippen molar-refractivity contribution in [3.8, 4) is 11.5 Å². The maximum absolute atomic E-state index is 5.26. The number of anilines is 1. The van der Waals surface area contributed by atoms with Crippen LogP contribution in [0.15, 0.2) is 18.2 Å². The molecule has 0 aliphatic carbocycles. The predicted octanol–water partition coefficient (Wildman–Crippen LogP) is 1.41. The van der Waals surface area contributed by atoms with E-state index in [1.807, 2.05) is 0 Å². The van der Waals surface area contributed by atoms with Crippen molar-refractivity contribution in [2.75, 3.05) is 19.6 Å². The molecular formula is C8H13ClN2O2. The normalized spacial score (nSPS) is 8.54. The summed E-state index contributed by atoms with van der Waals surface area (Å²) in [5, 5.41) is 0. The monoisotopic (exact) mass is 204 g/mol. The molecule has 1 aromatic rings. The number of ether oxygens (including phenoxy) is 2. The lowest BCUT2D eigenvalue weighted by Gasteiger charge is -2.08. The molecule has 1 aromatic carbocycles. The Morgan fingerprint density at radius 1 is 1.23 bits per heavy atom. The summed E-state index contributed by atoms with van der Waals surface area (Å²) in [6.45, 7) is 0. The summed E-state index contributed by atoms with van der Waals surface area (Å²) in [5.41, 5.74) is 3.22. The summed E-state index contributed by atoms with van der Waals surface area (Å²) in [6.07, 6.45) is 0. The maximum Gasteiger partial charge on any atom is 0.143 e. The Hall–Kier alpha value is -1.13. The van der Waals surface area contributed by atoms with E-state index in [-0.39, 0.29) is 12.4 Å². The number of benzene rings is 1. The van der Waals surface area contributed by atoms with E-state index in [0.29, 0.717) is 11.4 Å². The summed E-state index contributed by atoms with van der Waals surface area (Å²) in [5.74, 6) is 6.70. The van der Waals surface area contributed by atoms with Gasteiger partial charge in [-0.15, -0.1) is 12.4 Å². The number of nitrogens with two attached hydrogens (primary N) is 1. The molecule has 0 aliphatic heterocycles. The van der Waals surface area contributed by atoms with Gasteiger partial charge in [0.2, 0.25) is 0 Å². The molecule has 0 unspecified atom stereocenters. The largest absolute Gasteiger partial charge is 0.497 e. The Bertz CT molecular complexity index is 268. The fourth-order valence-corrected chi connectivity index (χ4v) is 0.927. The molecule has 0 radical (unpaired) electrons. The second-order valence-corrected chi connectivity index (χ2v) is 2.21. The third kappa shape index (κ3) is 2.68. The van der Waals surface area contributed by atoms with Crippen LogP contribution in [0.5, 0.6) is 11.5 Å². The first-order chi connectivity index (χ1) is 5.81.